The number of aryl methyl sites for hydroxylation is 2. The highest BCUT2D eigenvalue weighted by atomic mass is 16.2. The molecule has 0 aliphatic carbocycles. The Bertz CT molecular complexity index is 1310. The van der Waals surface area contributed by atoms with E-state index in [2.05, 4.69) is 24.1 Å². The first-order chi connectivity index (χ1) is 18.9. The standard InChI is InChI=1S/C32H36N4O3/c1-3-24-10-14-26(15-11-24)30(38)34-20-18-32(19-21-34)31(39)35(23-36(32)28-8-6-5-7-9-28)22-29(37)33-27-16-12-25(4-2)13-17-27/h5-17H,3-4,18-23H2,1-2H3,(H,33,37). The second kappa shape index (κ2) is 11.3. The minimum absolute atomic E-state index is 0.00506. The summed E-state index contributed by atoms with van der Waals surface area (Å²) in [6, 6.07) is 25.4. The number of rotatable bonds is 7. The number of nitrogens with one attached hydrogen (secondary N) is 1. The maximum Gasteiger partial charge on any atom is 0.253 e. The molecule has 7 nitrogen and oxygen atoms in total. The molecule has 2 saturated heterocycles. The first-order valence-electron chi connectivity index (χ1n) is 13.8. The van der Waals surface area contributed by atoms with Crippen LogP contribution in [0.15, 0.2) is 78.9 Å². The van der Waals surface area contributed by atoms with E-state index in [-0.39, 0.29) is 24.3 Å². The van der Waals surface area contributed by atoms with Gasteiger partial charge in [-0.2, -0.15) is 0 Å². The lowest BCUT2D eigenvalue weighted by molar-refractivity contribution is -0.136. The molecule has 3 aromatic rings. The van der Waals surface area contributed by atoms with Crippen LogP contribution < -0.4 is 10.2 Å². The molecule has 2 aliphatic rings. The Morgan fingerprint density at radius 3 is 2.00 bits per heavy atom. The fourth-order valence-corrected chi connectivity index (χ4v) is 5.67. The summed E-state index contributed by atoms with van der Waals surface area (Å²) in [5, 5.41) is 2.93. The number of piperidine rings is 1. The Morgan fingerprint density at radius 2 is 1.41 bits per heavy atom. The Morgan fingerprint density at radius 1 is 0.821 bits per heavy atom. The third kappa shape index (κ3) is 5.39. The summed E-state index contributed by atoms with van der Waals surface area (Å²) in [4.78, 5) is 45.7. The Kier molecular flexibility index (Phi) is 7.68. The number of hydrogen-bond donors (Lipinski definition) is 1. The Labute approximate surface area is 230 Å². The average molecular weight is 525 g/mol. The smallest absolute Gasteiger partial charge is 0.253 e. The molecule has 7 heteroatoms. The number of carbonyl (C=O) groups is 3. The van der Waals surface area contributed by atoms with Crippen LogP contribution >= 0.6 is 0 Å². The van der Waals surface area contributed by atoms with Gasteiger partial charge in [-0.05, 0) is 73.2 Å². The highest BCUT2D eigenvalue weighted by molar-refractivity contribution is 6.00. The molecular formula is C32H36N4O3. The summed E-state index contributed by atoms with van der Waals surface area (Å²) < 4.78 is 0. The molecule has 1 spiro atoms. The number of benzene rings is 3. The van der Waals surface area contributed by atoms with Gasteiger partial charge in [-0.1, -0.05) is 56.3 Å². The molecule has 0 aromatic heterocycles. The summed E-state index contributed by atoms with van der Waals surface area (Å²) in [7, 11) is 0. The minimum atomic E-state index is -0.784. The summed E-state index contributed by atoms with van der Waals surface area (Å²) >= 11 is 0. The van der Waals surface area contributed by atoms with Gasteiger partial charge in [0.1, 0.15) is 12.1 Å². The van der Waals surface area contributed by atoms with Gasteiger partial charge in [0, 0.05) is 30.0 Å². The first kappa shape index (κ1) is 26.5. The van der Waals surface area contributed by atoms with Crippen molar-refractivity contribution in [2.75, 3.05) is 36.5 Å². The second-order valence-electron chi connectivity index (χ2n) is 10.4. The van der Waals surface area contributed by atoms with Crippen molar-refractivity contribution >= 4 is 29.1 Å². The molecule has 3 aromatic carbocycles. The van der Waals surface area contributed by atoms with E-state index in [4.69, 9.17) is 0 Å². The summed E-state index contributed by atoms with van der Waals surface area (Å²) in [5.41, 5.74) is 3.95. The molecule has 0 atom stereocenters. The van der Waals surface area contributed by atoms with Crippen molar-refractivity contribution < 1.29 is 14.4 Å². The molecule has 0 saturated carbocycles. The van der Waals surface area contributed by atoms with Gasteiger partial charge in [0.25, 0.3) is 11.8 Å². The van der Waals surface area contributed by atoms with Gasteiger partial charge in [0.2, 0.25) is 5.91 Å². The van der Waals surface area contributed by atoms with E-state index in [1.807, 2.05) is 83.8 Å². The van der Waals surface area contributed by atoms with E-state index < -0.39 is 5.54 Å². The number of para-hydroxylation sites is 1. The molecule has 0 unspecified atom stereocenters. The van der Waals surface area contributed by atoms with Gasteiger partial charge in [0.05, 0.1) is 6.67 Å². The monoisotopic (exact) mass is 524 g/mol. The quantitative estimate of drug-likeness (QED) is 0.485. The number of amides is 3. The van der Waals surface area contributed by atoms with Gasteiger partial charge in [-0.3, -0.25) is 14.4 Å². The highest BCUT2D eigenvalue weighted by Crippen LogP contribution is 2.39. The zero-order chi connectivity index (χ0) is 27.4. The topological polar surface area (TPSA) is 73.0 Å². The van der Waals surface area contributed by atoms with E-state index in [1.165, 1.54) is 11.1 Å². The maximum absolute atomic E-state index is 14.0. The molecule has 1 N–H and O–H groups in total. The Balaban J connectivity index is 1.31. The van der Waals surface area contributed by atoms with E-state index in [9.17, 15) is 14.4 Å². The number of likely N-dealkylation sites (tertiary alicyclic amines) is 1. The minimum Gasteiger partial charge on any atom is -0.339 e. The SMILES string of the molecule is CCc1ccc(NC(=O)CN2CN(c3ccccc3)C3(CCN(C(=O)c4ccc(CC)cc4)CC3)C2=O)cc1. The normalized spacial score (nSPS) is 16.6. The van der Waals surface area contributed by atoms with Crippen molar-refractivity contribution in [3.8, 4) is 0 Å². The van der Waals surface area contributed by atoms with Crippen LogP contribution in [0.2, 0.25) is 0 Å². The number of anilines is 2. The van der Waals surface area contributed by atoms with Crippen LogP contribution in [-0.4, -0.2) is 59.4 Å². The predicted molar refractivity (Wildman–Crippen MR) is 154 cm³/mol. The number of hydrogen-bond acceptors (Lipinski definition) is 4. The fourth-order valence-electron chi connectivity index (χ4n) is 5.67. The van der Waals surface area contributed by atoms with Gasteiger partial charge >= 0.3 is 0 Å². The third-order valence-corrected chi connectivity index (χ3v) is 8.05. The van der Waals surface area contributed by atoms with E-state index in [0.717, 1.165) is 24.2 Å². The molecule has 5 rings (SSSR count). The van der Waals surface area contributed by atoms with Gasteiger partial charge < -0.3 is 20.0 Å². The molecule has 2 fully saturated rings. The molecule has 39 heavy (non-hydrogen) atoms. The van der Waals surface area contributed by atoms with Gasteiger partial charge in [-0.15, -0.1) is 0 Å². The van der Waals surface area contributed by atoms with Crippen molar-refractivity contribution in [2.45, 2.75) is 45.1 Å². The lowest BCUT2D eigenvalue weighted by atomic mass is 9.85. The molecule has 2 aliphatic heterocycles. The van der Waals surface area contributed by atoms with Crippen molar-refractivity contribution in [1.29, 1.82) is 0 Å². The maximum atomic E-state index is 14.0. The molecule has 2 heterocycles. The highest BCUT2D eigenvalue weighted by Gasteiger charge is 2.54. The summed E-state index contributed by atoms with van der Waals surface area (Å²) in [6.45, 7) is 5.45. The average Bonchev–Trinajstić information content (AvgIpc) is 3.24. The zero-order valence-corrected chi connectivity index (χ0v) is 22.7. The first-order valence-corrected chi connectivity index (χ1v) is 13.8. The lowest BCUT2D eigenvalue weighted by Crippen LogP contribution is -2.57. The van der Waals surface area contributed by atoms with Crippen molar-refractivity contribution in [3.63, 3.8) is 0 Å². The molecule has 0 radical (unpaired) electrons. The largest absolute Gasteiger partial charge is 0.339 e. The molecule has 202 valence electrons. The summed E-state index contributed by atoms with van der Waals surface area (Å²) in [6.07, 6.45) is 2.88. The van der Waals surface area contributed by atoms with Crippen LogP contribution in [0, 0.1) is 0 Å². The lowest BCUT2D eigenvalue weighted by Gasteiger charge is -2.43. The number of nitrogens with zero attached hydrogens (tertiary/aromatic N) is 3. The van der Waals surface area contributed by atoms with E-state index >= 15 is 0 Å². The molecule has 3 amide bonds. The van der Waals surface area contributed by atoms with Crippen LogP contribution in [0.25, 0.3) is 0 Å². The van der Waals surface area contributed by atoms with Crippen molar-refractivity contribution in [2.24, 2.45) is 0 Å². The fraction of sp³-hybridized carbons (Fsp3) is 0.344. The van der Waals surface area contributed by atoms with Crippen LogP contribution in [0.3, 0.4) is 0 Å². The molecule has 0 bridgehead atoms. The van der Waals surface area contributed by atoms with Crippen LogP contribution in [0.4, 0.5) is 11.4 Å². The van der Waals surface area contributed by atoms with E-state index in [1.54, 1.807) is 4.90 Å². The third-order valence-electron chi connectivity index (χ3n) is 8.05. The number of carbonyl (C=O) groups excluding carboxylic acids is 3. The van der Waals surface area contributed by atoms with Crippen LogP contribution in [0.1, 0.15) is 48.2 Å². The second-order valence-corrected chi connectivity index (χ2v) is 10.4. The van der Waals surface area contributed by atoms with Crippen LogP contribution in [0.5, 0.6) is 0 Å². The van der Waals surface area contributed by atoms with Gasteiger partial charge in [0.15, 0.2) is 0 Å². The van der Waals surface area contributed by atoms with Crippen molar-refractivity contribution in [3.05, 3.63) is 95.6 Å². The molecular weight excluding hydrogens is 488 g/mol. The van der Waals surface area contributed by atoms with E-state index in [0.29, 0.717) is 38.2 Å². The predicted octanol–water partition coefficient (Wildman–Crippen LogP) is 4.73. The zero-order valence-electron chi connectivity index (χ0n) is 22.7. The van der Waals surface area contributed by atoms with Crippen LogP contribution in [-0.2, 0) is 22.4 Å². The van der Waals surface area contributed by atoms with Crippen molar-refractivity contribution in [1.82, 2.24) is 9.80 Å². The van der Waals surface area contributed by atoms with Gasteiger partial charge in [-0.25, -0.2) is 0 Å². The Hall–Kier alpha value is -4.13. The summed E-state index contributed by atoms with van der Waals surface area (Å²) in [5.74, 6) is -0.280.